The zero-order valence-electron chi connectivity index (χ0n) is 19.4. The van der Waals surface area contributed by atoms with Crippen molar-refractivity contribution in [2.24, 2.45) is 0 Å². The number of benzene rings is 2. The van der Waals surface area contributed by atoms with Gasteiger partial charge in [-0.05, 0) is 44.4 Å². The minimum Gasteiger partial charge on any atom is -0.507 e. The smallest absolute Gasteiger partial charge is 0.342 e. The van der Waals surface area contributed by atoms with E-state index in [0.717, 1.165) is 11.1 Å². The quantitative estimate of drug-likeness (QED) is 0.339. The Labute approximate surface area is 192 Å². The number of methoxy groups -OCH3 is 3. The highest BCUT2D eigenvalue weighted by Gasteiger charge is 2.31. The molecule has 2 aromatic rings. The molecule has 33 heavy (non-hydrogen) atoms. The van der Waals surface area contributed by atoms with Crippen LogP contribution in [0.3, 0.4) is 0 Å². The topological polar surface area (TPSA) is 101 Å². The van der Waals surface area contributed by atoms with Crippen molar-refractivity contribution in [3.8, 4) is 28.7 Å². The van der Waals surface area contributed by atoms with Crippen LogP contribution in [0.2, 0.25) is 0 Å². The van der Waals surface area contributed by atoms with Crippen LogP contribution in [0.15, 0.2) is 29.8 Å². The normalized spacial score (nSPS) is 12.8. The van der Waals surface area contributed by atoms with Crippen molar-refractivity contribution in [1.29, 1.82) is 0 Å². The first-order chi connectivity index (χ1) is 15.8. The highest BCUT2D eigenvalue weighted by atomic mass is 16.6. The third-order valence-corrected chi connectivity index (χ3v) is 5.62. The highest BCUT2D eigenvalue weighted by molar-refractivity contribution is 5.98. The van der Waals surface area contributed by atoms with Gasteiger partial charge < -0.3 is 28.8 Å². The average Bonchev–Trinajstić information content (AvgIpc) is 3.21. The molecule has 0 saturated heterocycles. The second kappa shape index (κ2) is 10.3. The molecule has 0 aliphatic carbocycles. The average molecular weight is 456 g/mol. The number of aromatic hydroxyl groups is 1. The predicted molar refractivity (Wildman–Crippen MR) is 120 cm³/mol. The molecule has 1 aliphatic rings. The van der Waals surface area contributed by atoms with Gasteiger partial charge in [0.05, 0.1) is 21.3 Å². The number of esters is 2. The van der Waals surface area contributed by atoms with Crippen molar-refractivity contribution in [3.05, 3.63) is 52.1 Å². The Hall–Kier alpha value is -3.68. The molecular formula is C25H28O8. The van der Waals surface area contributed by atoms with Crippen LogP contribution < -0.4 is 18.9 Å². The van der Waals surface area contributed by atoms with Gasteiger partial charge in [-0.1, -0.05) is 11.6 Å². The fraction of sp³-hybridized carbons (Fsp3) is 0.360. The molecule has 0 saturated carbocycles. The van der Waals surface area contributed by atoms with E-state index in [1.165, 1.54) is 14.2 Å². The molecule has 1 aliphatic heterocycles. The van der Waals surface area contributed by atoms with E-state index in [9.17, 15) is 14.7 Å². The van der Waals surface area contributed by atoms with Crippen molar-refractivity contribution in [2.45, 2.75) is 39.7 Å². The number of phenols is 1. The van der Waals surface area contributed by atoms with Crippen LogP contribution in [-0.4, -0.2) is 38.4 Å². The Balaban J connectivity index is 1.67. The van der Waals surface area contributed by atoms with Crippen LogP contribution in [0.1, 0.15) is 46.8 Å². The van der Waals surface area contributed by atoms with Gasteiger partial charge in [0.2, 0.25) is 0 Å². The lowest BCUT2D eigenvalue weighted by Gasteiger charge is -2.15. The van der Waals surface area contributed by atoms with Crippen molar-refractivity contribution in [2.75, 3.05) is 21.3 Å². The van der Waals surface area contributed by atoms with Crippen LogP contribution in [0.4, 0.5) is 0 Å². The molecule has 0 spiro atoms. The molecule has 8 heteroatoms. The Morgan fingerprint density at radius 3 is 2.55 bits per heavy atom. The maximum Gasteiger partial charge on any atom is 0.342 e. The monoisotopic (exact) mass is 456 g/mol. The van der Waals surface area contributed by atoms with Crippen molar-refractivity contribution >= 4 is 11.9 Å². The number of allylic oxidation sites excluding steroid dienone is 2. The summed E-state index contributed by atoms with van der Waals surface area (Å²) >= 11 is 0. The van der Waals surface area contributed by atoms with Gasteiger partial charge in [0.25, 0.3) is 0 Å². The number of cyclic esters (lactones) is 1. The second-order valence-electron chi connectivity index (χ2n) is 7.66. The molecule has 3 rings (SSSR count). The van der Waals surface area contributed by atoms with Gasteiger partial charge in [0.1, 0.15) is 29.4 Å². The van der Waals surface area contributed by atoms with Gasteiger partial charge in [0, 0.05) is 23.6 Å². The fourth-order valence-electron chi connectivity index (χ4n) is 3.74. The summed E-state index contributed by atoms with van der Waals surface area (Å²) in [5.74, 6) is 0.793. The number of rotatable bonds is 9. The van der Waals surface area contributed by atoms with Crippen LogP contribution in [0.5, 0.6) is 28.7 Å². The van der Waals surface area contributed by atoms with Gasteiger partial charge >= 0.3 is 11.9 Å². The van der Waals surface area contributed by atoms with Gasteiger partial charge in [-0.25, -0.2) is 4.79 Å². The molecule has 1 N–H and O–H groups in total. The maximum absolute atomic E-state index is 12.3. The molecule has 1 heterocycles. The second-order valence-corrected chi connectivity index (χ2v) is 7.66. The minimum absolute atomic E-state index is 0.120. The van der Waals surface area contributed by atoms with Crippen molar-refractivity contribution < 1.29 is 38.4 Å². The maximum atomic E-state index is 12.3. The number of fused-ring (bicyclic) bond motifs is 1. The molecule has 0 radical (unpaired) electrons. The van der Waals surface area contributed by atoms with E-state index in [0.29, 0.717) is 47.0 Å². The van der Waals surface area contributed by atoms with E-state index in [2.05, 4.69) is 0 Å². The zero-order valence-corrected chi connectivity index (χ0v) is 19.4. The summed E-state index contributed by atoms with van der Waals surface area (Å²) in [6.07, 6.45) is 2.86. The summed E-state index contributed by atoms with van der Waals surface area (Å²) < 4.78 is 26.4. The molecule has 176 valence electrons. The lowest BCUT2D eigenvalue weighted by Crippen LogP contribution is -2.09. The Morgan fingerprint density at radius 1 is 1.12 bits per heavy atom. The summed E-state index contributed by atoms with van der Waals surface area (Å²) in [4.78, 5) is 24.4. The van der Waals surface area contributed by atoms with E-state index >= 15 is 0 Å². The number of ether oxygens (including phenoxy) is 5. The van der Waals surface area contributed by atoms with E-state index in [1.54, 1.807) is 25.3 Å². The first kappa shape index (κ1) is 24.0. The SMILES string of the molecule is COc1ccc(OC(=O)CCC(C)=CCc2c(O)c3c(c(C)c2OC)COC3=O)c(OC)c1. The largest absolute Gasteiger partial charge is 0.507 e. The summed E-state index contributed by atoms with van der Waals surface area (Å²) in [7, 11) is 4.55. The molecule has 0 amide bonds. The number of hydrogen-bond donors (Lipinski definition) is 1. The number of hydrogen-bond acceptors (Lipinski definition) is 8. The van der Waals surface area contributed by atoms with E-state index in [-0.39, 0.29) is 24.3 Å². The third kappa shape index (κ3) is 5.05. The zero-order chi connectivity index (χ0) is 24.1. The molecule has 0 unspecified atom stereocenters. The fourth-order valence-corrected chi connectivity index (χ4v) is 3.74. The van der Waals surface area contributed by atoms with Gasteiger partial charge in [0.15, 0.2) is 11.5 Å². The summed E-state index contributed by atoms with van der Waals surface area (Å²) in [6.45, 7) is 3.85. The molecule has 2 aromatic carbocycles. The highest BCUT2D eigenvalue weighted by Crippen LogP contribution is 2.42. The summed E-state index contributed by atoms with van der Waals surface area (Å²) in [5, 5.41) is 10.7. The molecule has 8 nitrogen and oxygen atoms in total. The molecule has 0 atom stereocenters. The van der Waals surface area contributed by atoms with Crippen LogP contribution in [-0.2, 0) is 22.6 Å². The molecule has 0 bridgehead atoms. The first-order valence-corrected chi connectivity index (χ1v) is 10.5. The third-order valence-electron chi connectivity index (χ3n) is 5.62. The first-order valence-electron chi connectivity index (χ1n) is 10.5. The van der Waals surface area contributed by atoms with Crippen LogP contribution in [0.25, 0.3) is 0 Å². The Kier molecular flexibility index (Phi) is 7.48. The minimum atomic E-state index is -0.535. The Morgan fingerprint density at radius 2 is 1.88 bits per heavy atom. The van der Waals surface area contributed by atoms with E-state index in [1.807, 2.05) is 19.9 Å². The lowest BCUT2D eigenvalue weighted by atomic mass is 9.94. The van der Waals surface area contributed by atoms with Gasteiger partial charge in [-0.15, -0.1) is 0 Å². The van der Waals surface area contributed by atoms with E-state index in [4.69, 9.17) is 23.7 Å². The lowest BCUT2D eigenvalue weighted by molar-refractivity contribution is -0.134. The van der Waals surface area contributed by atoms with Crippen LogP contribution >= 0.6 is 0 Å². The van der Waals surface area contributed by atoms with E-state index < -0.39 is 11.9 Å². The number of carbonyl (C=O) groups is 2. The summed E-state index contributed by atoms with van der Waals surface area (Å²) in [6, 6.07) is 4.95. The number of phenolic OH excluding ortho intramolecular Hbond substituents is 1. The predicted octanol–water partition coefficient (Wildman–Crippen LogP) is 4.27. The standard InChI is InChI=1S/C25H28O8/c1-14(7-11-21(26)33-19-10-8-16(29-3)12-20(19)30-4)6-9-17-23(27)22-18(13-32-25(22)28)15(2)24(17)31-5/h6,8,10,12,27H,7,9,11,13H2,1-5H3. The van der Waals surface area contributed by atoms with Crippen LogP contribution in [0, 0.1) is 6.92 Å². The molecular weight excluding hydrogens is 428 g/mol. The molecule has 0 aromatic heterocycles. The van der Waals surface area contributed by atoms with Crippen molar-refractivity contribution in [1.82, 2.24) is 0 Å². The van der Waals surface area contributed by atoms with Gasteiger partial charge in [-0.2, -0.15) is 0 Å². The summed E-state index contributed by atoms with van der Waals surface area (Å²) in [5.41, 5.74) is 3.06. The Bertz CT molecular complexity index is 1100. The molecule has 0 fully saturated rings. The van der Waals surface area contributed by atoms with Gasteiger partial charge in [-0.3, -0.25) is 4.79 Å². The van der Waals surface area contributed by atoms with Crippen molar-refractivity contribution in [3.63, 3.8) is 0 Å². The number of carbonyl (C=O) groups excluding carboxylic acids is 2.